The van der Waals surface area contributed by atoms with Gasteiger partial charge in [0.05, 0.1) is 0 Å². The summed E-state index contributed by atoms with van der Waals surface area (Å²) in [5.41, 5.74) is 0.889. The lowest BCUT2D eigenvalue weighted by Gasteiger charge is -2.21. The van der Waals surface area contributed by atoms with Crippen LogP contribution >= 0.6 is 23.2 Å². The Labute approximate surface area is 154 Å². The first-order valence-electron chi connectivity index (χ1n) is 7.42. The SMILES string of the molecule is CC(C)(C)c1ccc(OC(F)(F)C(=O)Nc2cc(Cl)cc(Cl)c2)cc1. The molecule has 0 aromatic heterocycles. The summed E-state index contributed by atoms with van der Waals surface area (Å²) in [6, 6.07) is 10.2. The van der Waals surface area contributed by atoms with Gasteiger partial charge in [-0.25, -0.2) is 0 Å². The van der Waals surface area contributed by atoms with Crippen LogP contribution in [0.2, 0.25) is 10.0 Å². The van der Waals surface area contributed by atoms with Crippen molar-refractivity contribution in [3.8, 4) is 5.75 Å². The Morgan fingerprint density at radius 1 is 1.00 bits per heavy atom. The maximum absolute atomic E-state index is 14.0. The Bertz CT molecular complexity index is 751. The number of anilines is 1. The number of hydrogen-bond acceptors (Lipinski definition) is 2. The van der Waals surface area contributed by atoms with Crippen LogP contribution in [0.25, 0.3) is 0 Å². The predicted octanol–water partition coefficient (Wildman–Crippen LogP) is 5.90. The molecule has 1 amide bonds. The van der Waals surface area contributed by atoms with E-state index in [1.165, 1.54) is 30.3 Å². The molecule has 134 valence electrons. The minimum atomic E-state index is -4.06. The fourth-order valence-electron chi connectivity index (χ4n) is 2.05. The summed E-state index contributed by atoms with van der Waals surface area (Å²) in [4.78, 5) is 11.8. The third-order valence-electron chi connectivity index (χ3n) is 3.35. The van der Waals surface area contributed by atoms with Crippen LogP contribution in [0.1, 0.15) is 26.3 Å². The second kappa shape index (κ2) is 7.18. The van der Waals surface area contributed by atoms with E-state index in [1.807, 2.05) is 26.1 Å². The van der Waals surface area contributed by atoms with E-state index in [4.69, 9.17) is 23.2 Å². The summed E-state index contributed by atoms with van der Waals surface area (Å²) in [7, 11) is 0. The number of ether oxygens (including phenoxy) is 1. The van der Waals surface area contributed by atoms with Gasteiger partial charge < -0.3 is 10.1 Å². The van der Waals surface area contributed by atoms with Crippen molar-refractivity contribution < 1.29 is 18.3 Å². The minimum Gasteiger partial charge on any atom is -0.425 e. The predicted molar refractivity (Wildman–Crippen MR) is 95.8 cm³/mol. The first-order chi connectivity index (χ1) is 11.5. The second-order valence-corrected chi connectivity index (χ2v) is 7.38. The third kappa shape index (κ3) is 5.31. The molecule has 2 aromatic carbocycles. The summed E-state index contributed by atoms with van der Waals surface area (Å²) in [5.74, 6) is -1.73. The molecule has 0 saturated heterocycles. The fourth-order valence-corrected chi connectivity index (χ4v) is 2.57. The Morgan fingerprint density at radius 2 is 1.52 bits per heavy atom. The summed E-state index contributed by atoms with van der Waals surface area (Å²) >= 11 is 11.5. The molecule has 0 heterocycles. The molecule has 0 saturated carbocycles. The van der Waals surface area contributed by atoms with Gasteiger partial charge in [0.1, 0.15) is 5.75 Å². The number of amides is 1. The van der Waals surface area contributed by atoms with Gasteiger partial charge in [-0.15, -0.1) is 0 Å². The Hall–Kier alpha value is -1.85. The van der Waals surface area contributed by atoms with Gasteiger partial charge in [0.25, 0.3) is 0 Å². The summed E-state index contributed by atoms with van der Waals surface area (Å²) in [6.45, 7) is 6.00. The molecular weight excluding hydrogens is 371 g/mol. The molecule has 2 rings (SSSR count). The molecule has 0 fully saturated rings. The highest BCUT2D eigenvalue weighted by atomic mass is 35.5. The van der Waals surface area contributed by atoms with E-state index in [0.29, 0.717) is 0 Å². The molecular formula is C18H17Cl2F2NO2. The van der Waals surface area contributed by atoms with Gasteiger partial charge in [-0.3, -0.25) is 4.79 Å². The average molecular weight is 388 g/mol. The Balaban J connectivity index is 2.10. The van der Waals surface area contributed by atoms with Crippen molar-refractivity contribution in [1.82, 2.24) is 0 Å². The molecule has 7 heteroatoms. The van der Waals surface area contributed by atoms with Gasteiger partial charge in [-0.05, 0) is 41.3 Å². The van der Waals surface area contributed by atoms with Crippen molar-refractivity contribution in [2.75, 3.05) is 5.32 Å². The van der Waals surface area contributed by atoms with Gasteiger partial charge >= 0.3 is 12.0 Å². The van der Waals surface area contributed by atoms with Gasteiger partial charge in [0.2, 0.25) is 0 Å². The van der Waals surface area contributed by atoms with Crippen LogP contribution in [0.3, 0.4) is 0 Å². The number of carbonyl (C=O) groups is 1. The molecule has 0 radical (unpaired) electrons. The van der Waals surface area contributed by atoms with Crippen molar-refractivity contribution in [2.24, 2.45) is 0 Å². The van der Waals surface area contributed by atoms with Crippen LogP contribution in [0.4, 0.5) is 14.5 Å². The van der Waals surface area contributed by atoms with Gasteiger partial charge in [-0.2, -0.15) is 8.78 Å². The van der Waals surface area contributed by atoms with Crippen molar-refractivity contribution in [1.29, 1.82) is 0 Å². The van der Waals surface area contributed by atoms with Crippen LogP contribution < -0.4 is 10.1 Å². The molecule has 0 spiro atoms. The number of nitrogens with one attached hydrogen (secondary N) is 1. The second-order valence-electron chi connectivity index (χ2n) is 6.51. The van der Waals surface area contributed by atoms with E-state index in [0.717, 1.165) is 5.56 Å². The number of carbonyl (C=O) groups excluding carboxylic acids is 1. The van der Waals surface area contributed by atoms with Crippen LogP contribution in [0.15, 0.2) is 42.5 Å². The first-order valence-corrected chi connectivity index (χ1v) is 8.18. The quantitative estimate of drug-likeness (QED) is 0.708. The number of rotatable bonds is 4. The maximum atomic E-state index is 14.0. The van der Waals surface area contributed by atoms with Crippen molar-refractivity contribution in [2.45, 2.75) is 32.3 Å². The minimum absolute atomic E-state index is 0.0499. The zero-order chi connectivity index (χ0) is 18.8. The first kappa shape index (κ1) is 19.5. The molecule has 0 aliphatic carbocycles. The monoisotopic (exact) mass is 387 g/mol. The average Bonchev–Trinajstić information content (AvgIpc) is 2.45. The van der Waals surface area contributed by atoms with E-state index in [9.17, 15) is 13.6 Å². The maximum Gasteiger partial charge on any atom is 0.482 e. The van der Waals surface area contributed by atoms with E-state index in [1.54, 1.807) is 12.1 Å². The molecule has 0 aliphatic rings. The van der Waals surface area contributed by atoms with Crippen LogP contribution in [0.5, 0.6) is 5.75 Å². The molecule has 3 nitrogen and oxygen atoms in total. The van der Waals surface area contributed by atoms with Gasteiger partial charge in [0.15, 0.2) is 0 Å². The van der Waals surface area contributed by atoms with Crippen LogP contribution in [-0.2, 0) is 10.2 Å². The molecule has 0 atom stereocenters. The van der Waals surface area contributed by atoms with Crippen molar-refractivity contribution >= 4 is 34.8 Å². The largest absolute Gasteiger partial charge is 0.482 e. The normalized spacial score (nSPS) is 12.0. The highest BCUT2D eigenvalue weighted by Gasteiger charge is 2.42. The topological polar surface area (TPSA) is 38.3 Å². The lowest BCUT2D eigenvalue weighted by molar-refractivity contribution is -0.187. The molecule has 0 bridgehead atoms. The van der Waals surface area contributed by atoms with Crippen LogP contribution in [0, 0.1) is 0 Å². The number of halogens is 4. The molecule has 0 unspecified atom stereocenters. The number of alkyl halides is 2. The highest BCUT2D eigenvalue weighted by molar-refractivity contribution is 6.35. The molecule has 0 aliphatic heterocycles. The summed E-state index contributed by atoms with van der Waals surface area (Å²) in [6.07, 6.45) is -4.06. The Kier molecular flexibility index (Phi) is 5.59. The molecule has 2 aromatic rings. The lowest BCUT2D eigenvalue weighted by atomic mass is 9.87. The Morgan fingerprint density at radius 3 is 2.00 bits per heavy atom. The van der Waals surface area contributed by atoms with E-state index >= 15 is 0 Å². The fraction of sp³-hybridized carbons (Fsp3) is 0.278. The van der Waals surface area contributed by atoms with Gasteiger partial charge in [-0.1, -0.05) is 56.1 Å². The van der Waals surface area contributed by atoms with Crippen molar-refractivity contribution in [3.63, 3.8) is 0 Å². The number of hydrogen-bond donors (Lipinski definition) is 1. The van der Waals surface area contributed by atoms with E-state index in [-0.39, 0.29) is 26.9 Å². The lowest BCUT2D eigenvalue weighted by Crippen LogP contribution is -2.40. The zero-order valence-electron chi connectivity index (χ0n) is 13.9. The molecule has 25 heavy (non-hydrogen) atoms. The number of benzene rings is 2. The van der Waals surface area contributed by atoms with Crippen LogP contribution in [-0.4, -0.2) is 12.0 Å². The zero-order valence-corrected chi connectivity index (χ0v) is 15.4. The smallest absolute Gasteiger partial charge is 0.425 e. The summed E-state index contributed by atoms with van der Waals surface area (Å²) < 4.78 is 32.6. The standard InChI is InChI=1S/C18H17Cl2F2NO2/c1-17(2,3)11-4-6-15(7-5-11)25-18(21,22)16(24)23-14-9-12(19)8-13(20)10-14/h4-10H,1-3H3,(H,23,24). The van der Waals surface area contributed by atoms with Gasteiger partial charge in [0, 0.05) is 15.7 Å². The van der Waals surface area contributed by atoms with E-state index in [2.05, 4.69) is 4.74 Å². The van der Waals surface area contributed by atoms with E-state index < -0.39 is 12.0 Å². The van der Waals surface area contributed by atoms with Crippen molar-refractivity contribution in [3.05, 3.63) is 58.1 Å². The third-order valence-corrected chi connectivity index (χ3v) is 3.79. The molecule has 1 N–H and O–H groups in total. The summed E-state index contributed by atoms with van der Waals surface area (Å²) in [5, 5.41) is 2.46. The highest BCUT2D eigenvalue weighted by Crippen LogP contribution is 2.28.